The average molecular weight is 375 g/mol. The van der Waals surface area contributed by atoms with Gasteiger partial charge in [-0.05, 0) is 68.1 Å². The van der Waals surface area contributed by atoms with Gasteiger partial charge in [-0.25, -0.2) is 8.42 Å². The van der Waals surface area contributed by atoms with E-state index in [-0.39, 0.29) is 16.8 Å². The fourth-order valence-electron chi connectivity index (χ4n) is 2.31. The van der Waals surface area contributed by atoms with Crippen molar-refractivity contribution in [3.8, 4) is 0 Å². The van der Waals surface area contributed by atoms with Gasteiger partial charge < -0.3 is 5.32 Å². The van der Waals surface area contributed by atoms with Crippen LogP contribution < -0.4 is 10.0 Å². The zero-order valence-electron chi connectivity index (χ0n) is 15.8. The molecule has 2 aromatic carbocycles. The number of benzene rings is 2. The number of anilines is 1. The van der Waals surface area contributed by atoms with Crippen molar-refractivity contribution in [2.24, 2.45) is 5.92 Å². The molecule has 0 heterocycles. The molecule has 0 fully saturated rings. The Bertz CT molecular complexity index is 888. The number of sulfonamides is 1. The van der Waals surface area contributed by atoms with Crippen molar-refractivity contribution in [3.05, 3.63) is 59.2 Å². The summed E-state index contributed by atoms with van der Waals surface area (Å²) in [6.45, 7) is 9.80. The van der Waals surface area contributed by atoms with Gasteiger partial charge in [0.25, 0.3) is 15.9 Å². The molecule has 0 radical (unpaired) electrons. The summed E-state index contributed by atoms with van der Waals surface area (Å²) in [7, 11) is -3.71. The molecule has 0 aliphatic rings. The van der Waals surface area contributed by atoms with Gasteiger partial charge in [0.15, 0.2) is 0 Å². The van der Waals surface area contributed by atoms with Gasteiger partial charge in [-0.15, -0.1) is 0 Å². The number of amides is 1. The van der Waals surface area contributed by atoms with Crippen LogP contribution >= 0.6 is 0 Å². The van der Waals surface area contributed by atoms with Crippen LogP contribution in [0, 0.1) is 19.8 Å². The molecule has 0 aliphatic carbocycles. The van der Waals surface area contributed by atoms with E-state index in [2.05, 4.69) is 10.0 Å². The van der Waals surface area contributed by atoms with Gasteiger partial charge >= 0.3 is 0 Å². The molecule has 26 heavy (non-hydrogen) atoms. The Morgan fingerprint density at radius 3 is 2.15 bits per heavy atom. The molecule has 0 spiro atoms. The number of aryl methyl sites for hydroxylation is 1. The Kier molecular flexibility index (Phi) is 6.08. The SMILES string of the molecule is Cc1cccc(NS(=O)(=O)c2ccc(C(=O)NC(C)C(C)C)cc2)c1C. The molecular formula is C20H26N2O3S. The predicted molar refractivity (Wildman–Crippen MR) is 105 cm³/mol. The first kappa shape index (κ1) is 20.0. The maximum Gasteiger partial charge on any atom is 0.261 e. The van der Waals surface area contributed by atoms with E-state index in [1.165, 1.54) is 24.3 Å². The summed E-state index contributed by atoms with van der Waals surface area (Å²) in [6.07, 6.45) is 0. The van der Waals surface area contributed by atoms with E-state index in [1.807, 2.05) is 46.8 Å². The first-order valence-electron chi connectivity index (χ1n) is 8.62. The van der Waals surface area contributed by atoms with Crippen molar-refractivity contribution < 1.29 is 13.2 Å². The molecule has 0 saturated carbocycles. The molecule has 1 amide bonds. The van der Waals surface area contributed by atoms with E-state index in [0.29, 0.717) is 17.2 Å². The molecule has 2 rings (SSSR count). The molecule has 6 heteroatoms. The van der Waals surface area contributed by atoms with Crippen LogP contribution in [0.5, 0.6) is 0 Å². The third-order valence-corrected chi connectivity index (χ3v) is 6.02. The summed E-state index contributed by atoms with van der Waals surface area (Å²) in [5, 5.41) is 2.90. The summed E-state index contributed by atoms with van der Waals surface area (Å²) in [4.78, 5) is 12.3. The molecule has 0 aromatic heterocycles. The quantitative estimate of drug-likeness (QED) is 0.806. The first-order valence-corrected chi connectivity index (χ1v) is 10.1. The number of hydrogen-bond donors (Lipinski definition) is 2. The Balaban J connectivity index is 2.18. The summed E-state index contributed by atoms with van der Waals surface area (Å²) < 4.78 is 27.8. The molecular weight excluding hydrogens is 348 g/mol. The molecule has 5 nitrogen and oxygen atoms in total. The predicted octanol–water partition coefficient (Wildman–Crippen LogP) is 3.88. The largest absolute Gasteiger partial charge is 0.349 e. The molecule has 0 saturated heterocycles. The van der Waals surface area contributed by atoms with Crippen LogP contribution in [0.2, 0.25) is 0 Å². The van der Waals surface area contributed by atoms with Crippen molar-refractivity contribution in [3.63, 3.8) is 0 Å². The van der Waals surface area contributed by atoms with Crippen LogP contribution in [-0.2, 0) is 10.0 Å². The Morgan fingerprint density at radius 1 is 0.962 bits per heavy atom. The van der Waals surface area contributed by atoms with Gasteiger partial charge in [-0.1, -0.05) is 26.0 Å². The van der Waals surface area contributed by atoms with E-state index < -0.39 is 10.0 Å². The highest BCUT2D eigenvalue weighted by molar-refractivity contribution is 7.92. The van der Waals surface area contributed by atoms with Crippen molar-refractivity contribution in [1.82, 2.24) is 5.32 Å². The summed E-state index contributed by atoms with van der Waals surface area (Å²) in [6, 6.07) is 11.5. The third kappa shape index (κ3) is 4.64. The highest BCUT2D eigenvalue weighted by Gasteiger charge is 2.17. The van der Waals surface area contributed by atoms with E-state index in [9.17, 15) is 13.2 Å². The second-order valence-electron chi connectivity index (χ2n) is 6.88. The Morgan fingerprint density at radius 2 is 1.58 bits per heavy atom. The fourth-order valence-corrected chi connectivity index (χ4v) is 3.43. The Labute approximate surface area is 155 Å². The molecule has 0 bridgehead atoms. The lowest BCUT2D eigenvalue weighted by Crippen LogP contribution is -2.36. The van der Waals surface area contributed by atoms with Gasteiger partial charge in [0.05, 0.1) is 10.6 Å². The number of rotatable bonds is 6. The molecule has 1 atom stereocenters. The second kappa shape index (κ2) is 7.91. The minimum Gasteiger partial charge on any atom is -0.349 e. The van der Waals surface area contributed by atoms with E-state index in [4.69, 9.17) is 0 Å². The van der Waals surface area contributed by atoms with E-state index in [1.54, 1.807) is 6.07 Å². The van der Waals surface area contributed by atoms with Gasteiger partial charge in [-0.3, -0.25) is 9.52 Å². The topological polar surface area (TPSA) is 75.3 Å². The van der Waals surface area contributed by atoms with Gasteiger partial charge in [0.2, 0.25) is 0 Å². The van der Waals surface area contributed by atoms with Crippen molar-refractivity contribution >= 4 is 21.6 Å². The van der Waals surface area contributed by atoms with E-state index in [0.717, 1.165) is 11.1 Å². The zero-order chi connectivity index (χ0) is 19.5. The van der Waals surface area contributed by atoms with Crippen molar-refractivity contribution in [1.29, 1.82) is 0 Å². The van der Waals surface area contributed by atoms with Crippen molar-refractivity contribution in [2.75, 3.05) is 4.72 Å². The fraction of sp³-hybridized carbons (Fsp3) is 0.350. The maximum absolute atomic E-state index is 12.6. The lowest BCUT2D eigenvalue weighted by molar-refractivity contribution is 0.0930. The molecule has 0 aliphatic heterocycles. The molecule has 2 N–H and O–H groups in total. The first-order chi connectivity index (χ1) is 12.1. The van der Waals surface area contributed by atoms with Crippen LogP contribution in [0.25, 0.3) is 0 Å². The minimum absolute atomic E-state index is 0.0388. The van der Waals surface area contributed by atoms with Gasteiger partial charge in [0, 0.05) is 11.6 Å². The minimum atomic E-state index is -3.71. The van der Waals surface area contributed by atoms with Crippen LogP contribution in [0.4, 0.5) is 5.69 Å². The number of nitrogens with one attached hydrogen (secondary N) is 2. The second-order valence-corrected chi connectivity index (χ2v) is 8.57. The van der Waals surface area contributed by atoms with Crippen LogP contribution in [0.3, 0.4) is 0 Å². The van der Waals surface area contributed by atoms with Gasteiger partial charge in [-0.2, -0.15) is 0 Å². The summed E-state index contributed by atoms with van der Waals surface area (Å²) in [5.74, 6) is 0.109. The number of carbonyl (C=O) groups is 1. The van der Waals surface area contributed by atoms with Crippen LogP contribution in [0.15, 0.2) is 47.4 Å². The molecule has 2 aromatic rings. The highest BCUT2D eigenvalue weighted by Crippen LogP contribution is 2.22. The average Bonchev–Trinajstić information content (AvgIpc) is 2.58. The highest BCUT2D eigenvalue weighted by atomic mass is 32.2. The van der Waals surface area contributed by atoms with Crippen LogP contribution in [0.1, 0.15) is 42.3 Å². The standard InChI is InChI=1S/C20H26N2O3S/c1-13(2)16(5)21-20(23)17-9-11-18(12-10-17)26(24,25)22-19-8-6-7-14(3)15(19)4/h6-13,16,22H,1-5H3,(H,21,23). The van der Waals surface area contributed by atoms with E-state index >= 15 is 0 Å². The smallest absolute Gasteiger partial charge is 0.261 e. The monoisotopic (exact) mass is 374 g/mol. The molecule has 1 unspecified atom stereocenters. The normalized spacial score (nSPS) is 12.7. The Hall–Kier alpha value is -2.34. The summed E-state index contributed by atoms with van der Waals surface area (Å²) >= 11 is 0. The van der Waals surface area contributed by atoms with Gasteiger partial charge in [0.1, 0.15) is 0 Å². The number of hydrogen-bond acceptors (Lipinski definition) is 3. The summed E-state index contributed by atoms with van der Waals surface area (Å²) in [5.41, 5.74) is 2.88. The third-order valence-electron chi connectivity index (χ3n) is 4.63. The zero-order valence-corrected chi connectivity index (χ0v) is 16.6. The van der Waals surface area contributed by atoms with Crippen molar-refractivity contribution in [2.45, 2.75) is 45.6 Å². The maximum atomic E-state index is 12.6. The van der Waals surface area contributed by atoms with Crippen LogP contribution in [-0.4, -0.2) is 20.4 Å². The lowest BCUT2D eigenvalue weighted by Gasteiger charge is -2.17. The number of carbonyl (C=O) groups excluding carboxylic acids is 1. The molecule has 140 valence electrons. The lowest BCUT2D eigenvalue weighted by atomic mass is 10.1.